The lowest BCUT2D eigenvalue weighted by molar-refractivity contribution is 0.593. The fourth-order valence-corrected chi connectivity index (χ4v) is 3.60. The summed E-state index contributed by atoms with van der Waals surface area (Å²) in [7, 11) is 0. The van der Waals surface area contributed by atoms with Gasteiger partial charge in [0.05, 0.1) is 0 Å². The van der Waals surface area contributed by atoms with Gasteiger partial charge in [-0.15, -0.1) is 11.3 Å². The van der Waals surface area contributed by atoms with Crippen molar-refractivity contribution in [3.05, 3.63) is 46.5 Å². The fraction of sp³-hybridized carbons (Fsp3) is 0.471. The number of hydrogen-bond donors (Lipinski definition) is 1. The van der Waals surface area contributed by atoms with Gasteiger partial charge in [0.15, 0.2) is 5.13 Å². The molecule has 2 aromatic rings. The Hall–Kier alpha value is -1.39. The van der Waals surface area contributed by atoms with Gasteiger partial charge in [0, 0.05) is 36.8 Å². The van der Waals surface area contributed by atoms with E-state index in [0.29, 0.717) is 6.04 Å². The van der Waals surface area contributed by atoms with Gasteiger partial charge in [-0.3, -0.25) is 0 Å². The van der Waals surface area contributed by atoms with Crippen LogP contribution in [0, 0.1) is 0 Å². The van der Waals surface area contributed by atoms with Crippen molar-refractivity contribution in [2.75, 3.05) is 18.0 Å². The van der Waals surface area contributed by atoms with Crippen molar-refractivity contribution in [3.63, 3.8) is 0 Å². The Morgan fingerprint density at radius 3 is 2.48 bits per heavy atom. The maximum Gasteiger partial charge on any atom is 0.185 e. The Morgan fingerprint density at radius 1 is 1.19 bits per heavy atom. The summed E-state index contributed by atoms with van der Waals surface area (Å²) in [4.78, 5) is 8.38. The van der Waals surface area contributed by atoms with Gasteiger partial charge in [-0.1, -0.05) is 38.1 Å². The smallest absolute Gasteiger partial charge is 0.185 e. The van der Waals surface area contributed by atoms with Gasteiger partial charge >= 0.3 is 0 Å². The van der Waals surface area contributed by atoms with Gasteiger partial charge < -0.3 is 10.2 Å². The zero-order valence-electron chi connectivity index (χ0n) is 12.8. The Morgan fingerprint density at radius 2 is 1.86 bits per heavy atom. The third-order valence-corrected chi connectivity index (χ3v) is 4.98. The van der Waals surface area contributed by atoms with E-state index < -0.39 is 0 Å². The predicted octanol–water partition coefficient (Wildman–Crippen LogP) is 3.25. The third-order valence-electron chi connectivity index (χ3n) is 3.92. The summed E-state index contributed by atoms with van der Waals surface area (Å²) < 4.78 is 0. The highest BCUT2D eigenvalue weighted by atomic mass is 32.1. The molecule has 0 radical (unpaired) electrons. The topological polar surface area (TPSA) is 28.2 Å². The highest BCUT2D eigenvalue weighted by Crippen LogP contribution is 2.25. The van der Waals surface area contributed by atoms with Crippen molar-refractivity contribution in [2.45, 2.75) is 39.3 Å². The van der Waals surface area contributed by atoms with E-state index in [0.717, 1.165) is 32.5 Å². The number of rotatable bonds is 4. The molecule has 1 N–H and O–H groups in total. The van der Waals surface area contributed by atoms with E-state index in [4.69, 9.17) is 0 Å². The Kier molecular flexibility index (Phi) is 4.56. The largest absolute Gasteiger partial charge is 0.347 e. The number of benzene rings is 1. The van der Waals surface area contributed by atoms with Gasteiger partial charge in [-0.25, -0.2) is 4.98 Å². The van der Waals surface area contributed by atoms with E-state index in [1.54, 1.807) is 0 Å². The molecule has 3 rings (SSSR count). The highest BCUT2D eigenvalue weighted by Gasteiger charge is 2.16. The predicted molar refractivity (Wildman–Crippen MR) is 90.2 cm³/mol. The second kappa shape index (κ2) is 6.58. The molecule has 0 amide bonds. The lowest BCUT2D eigenvalue weighted by Crippen LogP contribution is -2.25. The van der Waals surface area contributed by atoms with E-state index in [9.17, 15) is 0 Å². The third kappa shape index (κ3) is 3.63. The van der Waals surface area contributed by atoms with Gasteiger partial charge in [0.2, 0.25) is 0 Å². The first-order valence-corrected chi connectivity index (χ1v) is 8.54. The van der Waals surface area contributed by atoms with Gasteiger partial charge in [-0.2, -0.15) is 0 Å². The maximum atomic E-state index is 4.63. The number of nitrogens with one attached hydrogen (secondary N) is 1. The minimum atomic E-state index is 0.517. The van der Waals surface area contributed by atoms with Crippen LogP contribution < -0.4 is 10.2 Å². The van der Waals surface area contributed by atoms with Crippen molar-refractivity contribution in [1.29, 1.82) is 0 Å². The highest BCUT2D eigenvalue weighted by molar-refractivity contribution is 7.15. The van der Waals surface area contributed by atoms with Crippen molar-refractivity contribution in [1.82, 2.24) is 10.3 Å². The average molecular weight is 301 g/mol. The fourth-order valence-electron chi connectivity index (χ4n) is 2.69. The molecule has 112 valence electrons. The SMILES string of the molecule is CC(C)NCc1cnc(N2CCc3ccccc3CC2)s1. The molecular formula is C17H23N3S. The number of nitrogens with zero attached hydrogens (tertiary/aromatic N) is 2. The second-order valence-electron chi connectivity index (χ2n) is 5.90. The minimum absolute atomic E-state index is 0.517. The summed E-state index contributed by atoms with van der Waals surface area (Å²) in [6.45, 7) is 7.41. The lowest BCUT2D eigenvalue weighted by atomic mass is 10.0. The molecule has 0 saturated carbocycles. The molecule has 1 aliphatic heterocycles. The molecule has 0 atom stereocenters. The van der Waals surface area contributed by atoms with E-state index in [2.05, 4.69) is 53.3 Å². The summed E-state index contributed by atoms with van der Waals surface area (Å²) in [6.07, 6.45) is 4.26. The molecule has 2 heterocycles. The summed E-state index contributed by atoms with van der Waals surface area (Å²) in [5, 5.41) is 4.63. The number of thiazole rings is 1. The summed E-state index contributed by atoms with van der Waals surface area (Å²) in [5.74, 6) is 0. The van der Waals surface area contributed by atoms with Crippen molar-refractivity contribution in [2.24, 2.45) is 0 Å². The molecule has 1 aromatic heterocycles. The monoisotopic (exact) mass is 301 g/mol. The average Bonchev–Trinajstić information content (AvgIpc) is 2.85. The molecular weight excluding hydrogens is 278 g/mol. The van der Waals surface area contributed by atoms with Crippen LogP contribution in [0.3, 0.4) is 0 Å². The van der Waals surface area contributed by atoms with Crippen LogP contribution in [0.2, 0.25) is 0 Å². The molecule has 3 nitrogen and oxygen atoms in total. The quantitative estimate of drug-likeness (QED) is 0.939. The van der Waals surface area contributed by atoms with Gasteiger partial charge in [-0.05, 0) is 24.0 Å². The number of aromatic nitrogens is 1. The second-order valence-corrected chi connectivity index (χ2v) is 6.99. The van der Waals surface area contributed by atoms with E-state index in [1.165, 1.54) is 21.1 Å². The van der Waals surface area contributed by atoms with Crippen LogP contribution in [-0.2, 0) is 19.4 Å². The molecule has 0 fully saturated rings. The van der Waals surface area contributed by atoms with E-state index in [-0.39, 0.29) is 0 Å². The Bertz CT molecular complexity index is 564. The van der Waals surface area contributed by atoms with Crippen LogP contribution in [0.5, 0.6) is 0 Å². The summed E-state index contributed by atoms with van der Waals surface area (Å²) in [5.41, 5.74) is 3.00. The molecule has 0 saturated heterocycles. The minimum Gasteiger partial charge on any atom is -0.347 e. The first-order valence-electron chi connectivity index (χ1n) is 7.72. The molecule has 4 heteroatoms. The van der Waals surface area contributed by atoms with Gasteiger partial charge in [0.25, 0.3) is 0 Å². The van der Waals surface area contributed by atoms with Crippen LogP contribution in [0.25, 0.3) is 0 Å². The molecule has 21 heavy (non-hydrogen) atoms. The van der Waals surface area contributed by atoms with Gasteiger partial charge in [0.1, 0.15) is 0 Å². The number of fused-ring (bicyclic) bond motifs is 1. The Balaban J connectivity index is 1.66. The number of hydrogen-bond acceptors (Lipinski definition) is 4. The van der Waals surface area contributed by atoms with E-state index in [1.807, 2.05) is 17.5 Å². The number of anilines is 1. The summed E-state index contributed by atoms with van der Waals surface area (Å²) >= 11 is 1.82. The van der Waals surface area contributed by atoms with Crippen molar-refractivity contribution >= 4 is 16.5 Å². The van der Waals surface area contributed by atoms with E-state index >= 15 is 0 Å². The van der Waals surface area contributed by atoms with Crippen molar-refractivity contribution < 1.29 is 0 Å². The van der Waals surface area contributed by atoms with Crippen LogP contribution in [0.1, 0.15) is 29.9 Å². The van der Waals surface area contributed by atoms with Crippen LogP contribution in [0.15, 0.2) is 30.5 Å². The molecule has 0 unspecified atom stereocenters. The zero-order valence-corrected chi connectivity index (χ0v) is 13.6. The lowest BCUT2D eigenvalue weighted by Gasteiger charge is -2.18. The summed E-state index contributed by atoms with van der Waals surface area (Å²) in [6, 6.07) is 9.33. The first-order chi connectivity index (χ1) is 10.2. The molecule has 0 aliphatic carbocycles. The molecule has 0 spiro atoms. The molecule has 0 bridgehead atoms. The van der Waals surface area contributed by atoms with Crippen LogP contribution in [0.4, 0.5) is 5.13 Å². The van der Waals surface area contributed by atoms with Crippen LogP contribution in [-0.4, -0.2) is 24.1 Å². The normalized spacial score (nSPS) is 15.1. The zero-order chi connectivity index (χ0) is 14.7. The van der Waals surface area contributed by atoms with Crippen LogP contribution >= 0.6 is 11.3 Å². The molecule has 1 aromatic carbocycles. The maximum absolute atomic E-state index is 4.63. The standard InChI is InChI=1S/C17H23N3S/c1-13(2)18-11-16-12-19-17(21-16)20-9-7-14-5-3-4-6-15(14)8-10-20/h3-6,12-13,18H,7-11H2,1-2H3. The first kappa shape index (κ1) is 14.5. The Labute approximate surface area is 131 Å². The molecule has 1 aliphatic rings. The van der Waals surface area contributed by atoms with Crippen molar-refractivity contribution in [3.8, 4) is 0 Å².